The Labute approximate surface area is 133 Å². The summed E-state index contributed by atoms with van der Waals surface area (Å²) in [4.78, 5) is 2.40. The molecule has 4 heteroatoms. The molecule has 1 aromatic rings. The van der Waals surface area contributed by atoms with Crippen LogP contribution in [0, 0.1) is 5.82 Å². The van der Waals surface area contributed by atoms with Crippen LogP contribution in [0.25, 0.3) is 0 Å². The molecule has 0 saturated carbocycles. The van der Waals surface area contributed by atoms with Gasteiger partial charge in [-0.15, -0.1) is 0 Å². The van der Waals surface area contributed by atoms with Gasteiger partial charge in [-0.2, -0.15) is 11.8 Å². The van der Waals surface area contributed by atoms with Crippen molar-refractivity contribution in [2.75, 3.05) is 32.1 Å². The molecule has 0 saturated heterocycles. The Balaban J connectivity index is 2.65. The predicted molar refractivity (Wildman–Crippen MR) is 92.5 cm³/mol. The number of nitrogens with one attached hydrogen (secondary N) is 1. The fourth-order valence-electron chi connectivity index (χ4n) is 2.64. The molecule has 0 heterocycles. The van der Waals surface area contributed by atoms with E-state index in [0.29, 0.717) is 6.04 Å². The third-order valence-corrected chi connectivity index (χ3v) is 4.67. The lowest BCUT2D eigenvalue weighted by molar-refractivity contribution is 0.240. The third kappa shape index (κ3) is 5.97. The van der Waals surface area contributed by atoms with Crippen molar-refractivity contribution in [1.29, 1.82) is 0 Å². The van der Waals surface area contributed by atoms with Crippen LogP contribution in [0.1, 0.15) is 38.3 Å². The summed E-state index contributed by atoms with van der Waals surface area (Å²) < 4.78 is 14.0. The highest BCUT2D eigenvalue weighted by Gasteiger charge is 2.17. The Bertz CT molecular complexity index is 400. The van der Waals surface area contributed by atoms with Gasteiger partial charge < -0.3 is 10.2 Å². The number of nitrogens with zero attached hydrogens (tertiary/aromatic N) is 1. The molecule has 0 aromatic heterocycles. The van der Waals surface area contributed by atoms with Gasteiger partial charge in [-0.1, -0.05) is 32.0 Å². The molecule has 0 amide bonds. The molecule has 0 spiro atoms. The van der Waals surface area contributed by atoms with Gasteiger partial charge >= 0.3 is 0 Å². The molecule has 0 aliphatic rings. The van der Waals surface area contributed by atoms with Crippen LogP contribution in [0.3, 0.4) is 0 Å². The summed E-state index contributed by atoms with van der Waals surface area (Å²) in [6.07, 6.45) is 4.23. The van der Waals surface area contributed by atoms with Crippen molar-refractivity contribution < 1.29 is 4.39 Å². The molecule has 1 rings (SSSR count). The zero-order valence-electron chi connectivity index (χ0n) is 13.7. The average molecular weight is 312 g/mol. The van der Waals surface area contributed by atoms with E-state index >= 15 is 0 Å². The van der Waals surface area contributed by atoms with Crippen LogP contribution in [0.5, 0.6) is 0 Å². The normalized spacial score (nSPS) is 14.4. The largest absolute Gasteiger partial charge is 0.310 e. The van der Waals surface area contributed by atoms with Gasteiger partial charge in [0, 0.05) is 23.4 Å². The van der Waals surface area contributed by atoms with Gasteiger partial charge in [-0.3, -0.25) is 0 Å². The van der Waals surface area contributed by atoms with E-state index in [-0.39, 0.29) is 11.9 Å². The molecule has 120 valence electrons. The van der Waals surface area contributed by atoms with Crippen LogP contribution in [-0.2, 0) is 0 Å². The lowest BCUT2D eigenvalue weighted by Gasteiger charge is -2.29. The van der Waals surface area contributed by atoms with E-state index in [2.05, 4.69) is 37.4 Å². The summed E-state index contributed by atoms with van der Waals surface area (Å²) in [5.41, 5.74) is 0.783. The maximum absolute atomic E-state index is 14.0. The van der Waals surface area contributed by atoms with Crippen molar-refractivity contribution in [3.8, 4) is 0 Å². The van der Waals surface area contributed by atoms with E-state index in [9.17, 15) is 4.39 Å². The minimum Gasteiger partial charge on any atom is -0.310 e. The van der Waals surface area contributed by atoms with Gasteiger partial charge in [0.05, 0.1) is 0 Å². The molecule has 0 aliphatic heterocycles. The number of benzene rings is 1. The smallest absolute Gasteiger partial charge is 0.127 e. The second kappa shape index (κ2) is 10.2. The molecule has 0 bridgehead atoms. The monoisotopic (exact) mass is 312 g/mol. The summed E-state index contributed by atoms with van der Waals surface area (Å²) >= 11 is 1.89. The number of halogens is 1. The molecule has 2 atom stereocenters. The Kier molecular flexibility index (Phi) is 8.97. The van der Waals surface area contributed by atoms with Crippen molar-refractivity contribution in [1.82, 2.24) is 10.2 Å². The first-order valence-corrected chi connectivity index (χ1v) is 9.20. The van der Waals surface area contributed by atoms with E-state index in [4.69, 9.17) is 0 Å². The number of hydrogen-bond acceptors (Lipinski definition) is 3. The van der Waals surface area contributed by atoms with E-state index in [1.807, 2.05) is 23.9 Å². The van der Waals surface area contributed by atoms with E-state index < -0.39 is 0 Å². The van der Waals surface area contributed by atoms with Crippen molar-refractivity contribution >= 4 is 11.8 Å². The minimum atomic E-state index is -0.109. The molecular formula is C17H29FN2S. The molecular weight excluding hydrogens is 283 g/mol. The molecule has 2 unspecified atom stereocenters. The molecule has 21 heavy (non-hydrogen) atoms. The third-order valence-electron chi connectivity index (χ3n) is 3.96. The second-order valence-corrected chi connectivity index (χ2v) is 6.33. The zero-order chi connectivity index (χ0) is 15.7. The van der Waals surface area contributed by atoms with Gasteiger partial charge in [-0.05, 0) is 45.3 Å². The van der Waals surface area contributed by atoms with Gasteiger partial charge in [0.15, 0.2) is 0 Å². The van der Waals surface area contributed by atoms with Crippen LogP contribution in [-0.4, -0.2) is 43.1 Å². The molecule has 1 N–H and O–H groups in total. The minimum absolute atomic E-state index is 0.0884. The number of rotatable bonds is 10. The van der Waals surface area contributed by atoms with Gasteiger partial charge in [0.25, 0.3) is 0 Å². The first-order valence-electron chi connectivity index (χ1n) is 7.80. The maximum atomic E-state index is 14.0. The molecule has 0 fully saturated rings. The lowest BCUT2D eigenvalue weighted by Crippen LogP contribution is -2.36. The fraction of sp³-hybridized carbons (Fsp3) is 0.647. The predicted octanol–water partition coefficient (Wildman–Crippen LogP) is 3.94. The Morgan fingerprint density at radius 2 is 2.00 bits per heavy atom. The van der Waals surface area contributed by atoms with Gasteiger partial charge in [0.1, 0.15) is 5.82 Å². The molecule has 0 aliphatic carbocycles. The Morgan fingerprint density at radius 3 is 2.57 bits per heavy atom. The standard InChI is InChI=1S/C17H29FN2S/c1-5-14(13-21-4)20(3)12-11-17(19-6-2)15-9-7-8-10-16(15)18/h7-10,14,17,19H,5-6,11-13H2,1-4H3. The summed E-state index contributed by atoms with van der Waals surface area (Å²) in [6.45, 7) is 6.13. The highest BCUT2D eigenvalue weighted by atomic mass is 32.2. The van der Waals surface area contributed by atoms with Crippen molar-refractivity contribution in [3.05, 3.63) is 35.6 Å². The quantitative estimate of drug-likeness (QED) is 0.704. The van der Waals surface area contributed by atoms with Gasteiger partial charge in [0.2, 0.25) is 0 Å². The first kappa shape index (κ1) is 18.5. The summed E-state index contributed by atoms with van der Waals surface area (Å²) in [7, 11) is 2.18. The average Bonchev–Trinajstić information content (AvgIpc) is 2.49. The Hall–Kier alpha value is -0.580. The summed E-state index contributed by atoms with van der Waals surface area (Å²) in [5.74, 6) is 1.04. The highest BCUT2D eigenvalue weighted by molar-refractivity contribution is 7.98. The number of hydrogen-bond donors (Lipinski definition) is 1. The van der Waals surface area contributed by atoms with Crippen molar-refractivity contribution in [3.63, 3.8) is 0 Å². The molecule has 2 nitrogen and oxygen atoms in total. The maximum Gasteiger partial charge on any atom is 0.127 e. The van der Waals surface area contributed by atoms with Crippen LogP contribution >= 0.6 is 11.8 Å². The van der Waals surface area contributed by atoms with Crippen molar-refractivity contribution in [2.45, 2.75) is 38.8 Å². The lowest BCUT2D eigenvalue weighted by atomic mass is 10.0. The van der Waals surface area contributed by atoms with E-state index in [1.54, 1.807) is 12.1 Å². The van der Waals surface area contributed by atoms with E-state index in [1.165, 1.54) is 0 Å². The SMILES string of the molecule is CCNC(CCN(C)C(CC)CSC)c1ccccc1F. The van der Waals surface area contributed by atoms with Crippen LogP contribution in [0.15, 0.2) is 24.3 Å². The topological polar surface area (TPSA) is 15.3 Å². The second-order valence-electron chi connectivity index (χ2n) is 5.42. The fourth-order valence-corrected chi connectivity index (χ4v) is 3.51. The van der Waals surface area contributed by atoms with Crippen molar-refractivity contribution in [2.24, 2.45) is 0 Å². The number of thioether (sulfide) groups is 1. The van der Waals surface area contributed by atoms with Crippen LogP contribution < -0.4 is 5.32 Å². The highest BCUT2D eigenvalue weighted by Crippen LogP contribution is 2.21. The summed E-state index contributed by atoms with van der Waals surface area (Å²) in [5, 5.41) is 3.41. The first-order chi connectivity index (χ1) is 10.1. The molecule has 1 aromatic carbocycles. The Morgan fingerprint density at radius 1 is 1.29 bits per heavy atom. The zero-order valence-corrected chi connectivity index (χ0v) is 14.5. The molecule has 0 radical (unpaired) electrons. The van der Waals surface area contributed by atoms with Crippen LogP contribution in [0.2, 0.25) is 0 Å². The van der Waals surface area contributed by atoms with Crippen LogP contribution in [0.4, 0.5) is 4.39 Å². The summed E-state index contributed by atoms with van der Waals surface area (Å²) in [6, 6.07) is 7.79. The van der Waals surface area contributed by atoms with Gasteiger partial charge in [-0.25, -0.2) is 4.39 Å². The van der Waals surface area contributed by atoms with E-state index in [0.717, 1.165) is 37.2 Å².